The molecular weight excluding hydrogens is 439 g/mol. The van der Waals surface area contributed by atoms with Crippen LogP contribution in [0.15, 0.2) is 36.4 Å². The summed E-state index contributed by atoms with van der Waals surface area (Å²) in [5, 5.41) is 0.376. The minimum absolute atomic E-state index is 0.0298. The van der Waals surface area contributed by atoms with Crippen molar-refractivity contribution in [3.63, 3.8) is 0 Å². The Bertz CT molecular complexity index is 1020. The Morgan fingerprint density at radius 3 is 2.71 bits per heavy atom. The Hall–Kier alpha value is -1.67. The molecule has 31 heavy (non-hydrogen) atoms. The predicted octanol–water partition coefficient (Wildman–Crippen LogP) is 3.79. The van der Waals surface area contributed by atoms with Gasteiger partial charge in [0.05, 0.1) is 5.75 Å². The lowest BCUT2D eigenvalue weighted by molar-refractivity contribution is 0.321. The first-order chi connectivity index (χ1) is 14.8. The number of nitrogens with one attached hydrogen (secondary N) is 1. The standard InChI is InChI=1S/C23H28ClFN2O3S/c24-18-9-16(10-19(25)12-18)11-22-21-13-20(5-3-17(21)4-6-23(22)26)30-8-7-27-31(28,29)14-15-1-2-15/h3,5,9-10,12-13,15,22-23,27H,1-2,4,6-8,11,14,26H2. The van der Waals surface area contributed by atoms with Crippen molar-refractivity contribution >= 4 is 21.6 Å². The molecule has 0 spiro atoms. The van der Waals surface area contributed by atoms with E-state index in [4.69, 9.17) is 22.1 Å². The molecule has 4 rings (SSSR count). The van der Waals surface area contributed by atoms with E-state index in [1.165, 1.54) is 17.7 Å². The number of benzene rings is 2. The minimum atomic E-state index is -3.23. The van der Waals surface area contributed by atoms with Gasteiger partial charge < -0.3 is 10.5 Å². The summed E-state index contributed by atoms with van der Waals surface area (Å²) in [5.41, 5.74) is 9.57. The molecule has 2 aliphatic carbocycles. The SMILES string of the molecule is NC1CCc2ccc(OCCNS(=O)(=O)CC3CC3)cc2C1Cc1cc(F)cc(Cl)c1. The van der Waals surface area contributed by atoms with Gasteiger partial charge in [-0.15, -0.1) is 0 Å². The summed E-state index contributed by atoms with van der Waals surface area (Å²) in [6, 6.07) is 10.5. The first-order valence-corrected chi connectivity index (χ1v) is 12.8. The fourth-order valence-electron chi connectivity index (χ4n) is 4.25. The van der Waals surface area contributed by atoms with Crippen LogP contribution < -0.4 is 15.2 Å². The van der Waals surface area contributed by atoms with E-state index < -0.39 is 10.0 Å². The van der Waals surface area contributed by atoms with Gasteiger partial charge in [-0.3, -0.25) is 0 Å². The van der Waals surface area contributed by atoms with E-state index >= 15 is 0 Å². The predicted molar refractivity (Wildman–Crippen MR) is 121 cm³/mol. The van der Waals surface area contributed by atoms with Crippen molar-refractivity contribution in [3.8, 4) is 5.75 Å². The lowest BCUT2D eigenvalue weighted by atomic mass is 9.76. The number of nitrogens with two attached hydrogens (primary N) is 1. The Balaban J connectivity index is 1.41. The van der Waals surface area contributed by atoms with Crippen molar-refractivity contribution in [1.29, 1.82) is 0 Å². The zero-order chi connectivity index (χ0) is 22.0. The van der Waals surface area contributed by atoms with Crippen LogP contribution in [0.25, 0.3) is 0 Å². The monoisotopic (exact) mass is 466 g/mol. The quantitative estimate of drug-likeness (QED) is 0.551. The van der Waals surface area contributed by atoms with Gasteiger partial charge in [0.2, 0.25) is 10.0 Å². The molecule has 0 heterocycles. The topological polar surface area (TPSA) is 81.4 Å². The van der Waals surface area contributed by atoms with Gasteiger partial charge in [0.25, 0.3) is 0 Å². The van der Waals surface area contributed by atoms with Crippen molar-refractivity contribution in [1.82, 2.24) is 4.72 Å². The Kier molecular flexibility index (Phi) is 6.86. The maximum Gasteiger partial charge on any atom is 0.211 e. The molecule has 1 fully saturated rings. The second-order valence-electron chi connectivity index (χ2n) is 8.62. The van der Waals surface area contributed by atoms with Gasteiger partial charge in [-0.1, -0.05) is 17.7 Å². The molecule has 0 bridgehead atoms. The van der Waals surface area contributed by atoms with E-state index in [1.807, 2.05) is 18.2 Å². The Morgan fingerprint density at radius 1 is 1.16 bits per heavy atom. The summed E-state index contributed by atoms with van der Waals surface area (Å²) < 4.78 is 46.1. The summed E-state index contributed by atoms with van der Waals surface area (Å²) in [6.07, 6.45) is 4.34. The summed E-state index contributed by atoms with van der Waals surface area (Å²) in [6.45, 7) is 0.482. The fraction of sp³-hybridized carbons (Fsp3) is 0.478. The van der Waals surface area contributed by atoms with Crippen LogP contribution in [0, 0.1) is 11.7 Å². The van der Waals surface area contributed by atoms with Gasteiger partial charge in [-0.2, -0.15) is 0 Å². The largest absolute Gasteiger partial charge is 0.492 e. The van der Waals surface area contributed by atoms with E-state index in [0.717, 1.165) is 36.8 Å². The molecule has 0 aliphatic heterocycles. The van der Waals surface area contributed by atoms with Crippen LogP contribution in [0.1, 0.15) is 41.9 Å². The second kappa shape index (κ2) is 9.45. The normalized spacial score (nSPS) is 21.0. The highest BCUT2D eigenvalue weighted by atomic mass is 35.5. The Morgan fingerprint density at radius 2 is 1.97 bits per heavy atom. The molecule has 1 saturated carbocycles. The maximum atomic E-state index is 13.8. The number of hydrogen-bond acceptors (Lipinski definition) is 4. The average Bonchev–Trinajstić information content (AvgIpc) is 3.50. The molecule has 0 saturated heterocycles. The number of halogens is 2. The molecule has 2 unspecified atom stereocenters. The van der Waals surface area contributed by atoms with Gasteiger partial charge in [-0.05, 0) is 85.0 Å². The molecule has 168 valence electrons. The molecule has 0 aromatic heterocycles. The van der Waals surface area contributed by atoms with Gasteiger partial charge in [0.1, 0.15) is 18.2 Å². The van der Waals surface area contributed by atoms with Crippen molar-refractivity contribution in [2.45, 2.75) is 44.1 Å². The van der Waals surface area contributed by atoms with Crippen molar-refractivity contribution in [3.05, 3.63) is 63.9 Å². The third-order valence-electron chi connectivity index (χ3n) is 6.00. The fourth-order valence-corrected chi connectivity index (χ4v) is 5.96. The third-order valence-corrected chi connectivity index (χ3v) is 7.78. The molecule has 5 nitrogen and oxygen atoms in total. The van der Waals surface area contributed by atoms with E-state index in [1.54, 1.807) is 6.07 Å². The van der Waals surface area contributed by atoms with Crippen LogP contribution in [0.4, 0.5) is 4.39 Å². The lowest BCUT2D eigenvalue weighted by Crippen LogP contribution is -2.34. The van der Waals surface area contributed by atoms with Crippen LogP contribution >= 0.6 is 11.6 Å². The van der Waals surface area contributed by atoms with E-state index in [-0.39, 0.29) is 36.7 Å². The molecule has 2 aromatic carbocycles. The first kappa shape index (κ1) is 22.5. The van der Waals surface area contributed by atoms with E-state index in [9.17, 15) is 12.8 Å². The van der Waals surface area contributed by atoms with Crippen molar-refractivity contribution in [2.24, 2.45) is 11.7 Å². The second-order valence-corrected chi connectivity index (χ2v) is 10.9. The third kappa shape index (κ3) is 6.19. The van der Waals surface area contributed by atoms with Crippen LogP contribution in [0.5, 0.6) is 5.75 Å². The molecule has 2 atom stereocenters. The van der Waals surface area contributed by atoms with Gasteiger partial charge in [0.15, 0.2) is 0 Å². The molecule has 2 aliphatic rings. The van der Waals surface area contributed by atoms with Gasteiger partial charge >= 0.3 is 0 Å². The molecular formula is C23H28ClFN2O3S. The summed E-state index contributed by atoms with van der Waals surface area (Å²) in [5.74, 6) is 0.871. The Labute approximate surface area is 188 Å². The number of ether oxygens (including phenoxy) is 1. The lowest BCUT2D eigenvalue weighted by Gasteiger charge is -2.32. The van der Waals surface area contributed by atoms with Crippen molar-refractivity contribution in [2.75, 3.05) is 18.9 Å². The molecule has 3 N–H and O–H groups in total. The van der Waals surface area contributed by atoms with Crippen LogP contribution in [0.2, 0.25) is 5.02 Å². The van der Waals surface area contributed by atoms with Crippen LogP contribution in [0.3, 0.4) is 0 Å². The number of rotatable bonds is 9. The average molecular weight is 467 g/mol. The molecule has 0 amide bonds. The molecule has 8 heteroatoms. The summed E-state index contributed by atoms with van der Waals surface area (Å²) in [7, 11) is -3.23. The van der Waals surface area contributed by atoms with Gasteiger partial charge in [-0.25, -0.2) is 17.5 Å². The molecule has 2 aromatic rings. The van der Waals surface area contributed by atoms with Crippen LogP contribution in [-0.2, 0) is 22.9 Å². The number of hydrogen-bond donors (Lipinski definition) is 2. The minimum Gasteiger partial charge on any atom is -0.492 e. The highest BCUT2D eigenvalue weighted by molar-refractivity contribution is 7.89. The highest BCUT2D eigenvalue weighted by Crippen LogP contribution is 2.36. The summed E-state index contributed by atoms with van der Waals surface area (Å²) in [4.78, 5) is 0. The van der Waals surface area contributed by atoms with Crippen molar-refractivity contribution < 1.29 is 17.5 Å². The van der Waals surface area contributed by atoms with E-state index in [0.29, 0.717) is 23.1 Å². The van der Waals surface area contributed by atoms with Crippen LogP contribution in [-0.4, -0.2) is 33.4 Å². The van der Waals surface area contributed by atoms with E-state index in [2.05, 4.69) is 4.72 Å². The zero-order valence-corrected chi connectivity index (χ0v) is 18.9. The number of sulfonamides is 1. The number of aryl methyl sites for hydroxylation is 1. The number of fused-ring (bicyclic) bond motifs is 1. The molecule has 0 radical (unpaired) electrons. The maximum absolute atomic E-state index is 13.8. The zero-order valence-electron chi connectivity index (χ0n) is 17.3. The highest BCUT2D eigenvalue weighted by Gasteiger charge is 2.29. The summed E-state index contributed by atoms with van der Waals surface area (Å²) >= 11 is 6.02. The van der Waals surface area contributed by atoms with Gasteiger partial charge in [0, 0.05) is 23.5 Å². The smallest absolute Gasteiger partial charge is 0.211 e. The first-order valence-electron chi connectivity index (χ1n) is 10.7.